The average Bonchev–Trinajstić information content (AvgIpc) is 3.01. The maximum absolute atomic E-state index is 13.2. The number of benzene rings is 2. The molecule has 1 heterocycles. The summed E-state index contributed by atoms with van der Waals surface area (Å²) >= 11 is 0. The second-order valence-corrected chi connectivity index (χ2v) is 9.96. The van der Waals surface area contributed by atoms with Crippen LogP contribution in [0.1, 0.15) is 69.3 Å². The van der Waals surface area contributed by atoms with Gasteiger partial charge in [0.05, 0.1) is 17.7 Å². The van der Waals surface area contributed by atoms with Crippen LogP contribution in [-0.2, 0) is 19.7 Å². The standard InChI is InChI=1S/C28H35NO4/c1-18(2)33-16-10-15-29-24(20-11-8-7-9-12-20)23(26(31)27(29)32)25(30)22-17-21(28(4,5)6)14-13-19(22)3/h7-9,11-14,17-18,24,30H,10,15-16H2,1-6H3/b25-23+. The van der Waals surface area contributed by atoms with Gasteiger partial charge in [0.2, 0.25) is 0 Å². The van der Waals surface area contributed by atoms with E-state index in [4.69, 9.17) is 4.74 Å². The summed E-state index contributed by atoms with van der Waals surface area (Å²) in [5.41, 5.74) is 3.31. The zero-order valence-corrected chi connectivity index (χ0v) is 20.5. The summed E-state index contributed by atoms with van der Waals surface area (Å²) < 4.78 is 5.62. The molecule has 2 aromatic carbocycles. The minimum atomic E-state index is -0.647. The van der Waals surface area contributed by atoms with Gasteiger partial charge in [-0.25, -0.2) is 0 Å². The second-order valence-electron chi connectivity index (χ2n) is 9.96. The number of carbonyl (C=O) groups excluding carboxylic acids is 2. The number of ketones is 1. The van der Waals surface area contributed by atoms with Gasteiger partial charge in [-0.05, 0) is 55.4 Å². The van der Waals surface area contributed by atoms with Crippen LogP contribution in [0.3, 0.4) is 0 Å². The molecule has 0 aromatic heterocycles. The summed E-state index contributed by atoms with van der Waals surface area (Å²) in [6.07, 6.45) is 0.705. The molecule has 176 valence electrons. The lowest BCUT2D eigenvalue weighted by molar-refractivity contribution is -0.140. The molecular weight excluding hydrogens is 414 g/mol. The van der Waals surface area contributed by atoms with E-state index in [0.717, 1.165) is 16.7 Å². The zero-order valence-electron chi connectivity index (χ0n) is 20.5. The molecule has 1 atom stereocenters. The van der Waals surface area contributed by atoms with Crippen molar-refractivity contribution in [2.75, 3.05) is 13.2 Å². The van der Waals surface area contributed by atoms with E-state index in [1.165, 1.54) is 0 Å². The Hall–Kier alpha value is -2.92. The molecule has 0 aliphatic carbocycles. The van der Waals surface area contributed by atoms with Crippen LogP contribution in [-0.4, -0.2) is 41.0 Å². The highest BCUT2D eigenvalue weighted by atomic mass is 16.5. The molecule has 5 heteroatoms. The van der Waals surface area contributed by atoms with Gasteiger partial charge in [0.25, 0.3) is 11.7 Å². The SMILES string of the molecule is Cc1ccc(C(C)(C)C)cc1/C(O)=C1\C(=O)C(=O)N(CCCOC(C)C)C1c1ccccc1. The number of aliphatic hydroxyl groups is 1. The van der Waals surface area contributed by atoms with Gasteiger partial charge in [0.1, 0.15) is 5.76 Å². The normalized spacial score (nSPS) is 18.4. The molecule has 1 aliphatic heterocycles. The Kier molecular flexibility index (Phi) is 7.43. The molecule has 1 unspecified atom stereocenters. The highest BCUT2D eigenvalue weighted by molar-refractivity contribution is 6.46. The van der Waals surface area contributed by atoms with Gasteiger partial charge in [-0.2, -0.15) is 0 Å². The smallest absolute Gasteiger partial charge is 0.295 e. The molecule has 1 fully saturated rings. The van der Waals surface area contributed by atoms with E-state index in [-0.39, 0.29) is 22.9 Å². The fourth-order valence-corrected chi connectivity index (χ4v) is 4.14. The van der Waals surface area contributed by atoms with Crippen LogP contribution in [0.4, 0.5) is 0 Å². The van der Waals surface area contributed by atoms with Gasteiger partial charge in [-0.3, -0.25) is 9.59 Å². The first-order chi connectivity index (χ1) is 15.5. The van der Waals surface area contributed by atoms with E-state index in [9.17, 15) is 14.7 Å². The molecule has 5 nitrogen and oxygen atoms in total. The van der Waals surface area contributed by atoms with E-state index in [0.29, 0.717) is 25.1 Å². The Labute approximate surface area is 197 Å². The number of hydrogen-bond donors (Lipinski definition) is 1. The van der Waals surface area contributed by atoms with E-state index >= 15 is 0 Å². The van der Waals surface area contributed by atoms with Gasteiger partial charge in [0.15, 0.2) is 0 Å². The van der Waals surface area contributed by atoms with Crippen molar-refractivity contribution in [3.05, 3.63) is 76.4 Å². The Balaban J connectivity index is 2.09. The van der Waals surface area contributed by atoms with Crippen LogP contribution >= 0.6 is 0 Å². The summed E-state index contributed by atoms with van der Waals surface area (Å²) in [6, 6.07) is 14.7. The summed E-state index contributed by atoms with van der Waals surface area (Å²) in [5.74, 6) is -1.35. The van der Waals surface area contributed by atoms with Crippen molar-refractivity contribution in [2.45, 2.75) is 65.5 Å². The topological polar surface area (TPSA) is 66.8 Å². The number of likely N-dealkylation sites (tertiary alicyclic amines) is 1. The second kappa shape index (κ2) is 9.92. The van der Waals surface area contributed by atoms with Gasteiger partial charge < -0.3 is 14.7 Å². The van der Waals surface area contributed by atoms with Crippen molar-refractivity contribution in [2.24, 2.45) is 0 Å². The van der Waals surface area contributed by atoms with E-state index in [1.807, 2.05) is 69.3 Å². The highest BCUT2D eigenvalue weighted by Crippen LogP contribution is 2.40. The third-order valence-electron chi connectivity index (χ3n) is 6.01. The number of amides is 1. The predicted molar refractivity (Wildman–Crippen MR) is 131 cm³/mol. The number of hydrogen-bond acceptors (Lipinski definition) is 4. The van der Waals surface area contributed by atoms with Crippen molar-refractivity contribution in [3.63, 3.8) is 0 Å². The van der Waals surface area contributed by atoms with Gasteiger partial charge in [0, 0.05) is 18.7 Å². The van der Waals surface area contributed by atoms with Crippen molar-refractivity contribution in [3.8, 4) is 0 Å². The van der Waals surface area contributed by atoms with Crippen LogP contribution in [0.5, 0.6) is 0 Å². The molecule has 33 heavy (non-hydrogen) atoms. The molecule has 0 bridgehead atoms. The number of Topliss-reactive ketones (excluding diaryl/α,β-unsaturated/α-hetero) is 1. The van der Waals surface area contributed by atoms with E-state index < -0.39 is 17.7 Å². The molecule has 1 saturated heterocycles. The average molecular weight is 450 g/mol. The molecular formula is C28H35NO4. The molecule has 1 N–H and O–H groups in total. The van der Waals surface area contributed by atoms with Crippen LogP contribution in [0, 0.1) is 6.92 Å². The molecule has 1 aliphatic rings. The van der Waals surface area contributed by atoms with Crippen molar-refractivity contribution < 1.29 is 19.4 Å². The number of rotatable bonds is 7. The summed E-state index contributed by atoms with van der Waals surface area (Å²) in [7, 11) is 0. The predicted octanol–water partition coefficient (Wildman–Crippen LogP) is 5.53. The molecule has 0 radical (unpaired) electrons. The fourth-order valence-electron chi connectivity index (χ4n) is 4.14. The van der Waals surface area contributed by atoms with Crippen LogP contribution in [0.15, 0.2) is 54.1 Å². The Bertz CT molecular complexity index is 1050. The summed E-state index contributed by atoms with van der Waals surface area (Å²) in [4.78, 5) is 27.8. The lowest BCUT2D eigenvalue weighted by atomic mass is 9.84. The monoisotopic (exact) mass is 449 g/mol. The van der Waals surface area contributed by atoms with Crippen LogP contribution < -0.4 is 0 Å². The van der Waals surface area contributed by atoms with Crippen molar-refractivity contribution >= 4 is 17.4 Å². The first kappa shape index (κ1) is 24.7. The van der Waals surface area contributed by atoms with Crippen LogP contribution in [0.2, 0.25) is 0 Å². The minimum absolute atomic E-state index is 0.100. The van der Waals surface area contributed by atoms with Crippen LogP contribution in [0.25, 0.3) is 5.76 Å². The first-order valence-electron chi connectivity index (χ1n) is 11.6. The van der Waals surface area contributed by atoms with Gasteiger partial charge >= 0.3 is 0 Å². The summed E-state index contributed by atoms with van der Waals surface area (Å²) in [5, 5.41) is 11.4. The molecule has 3 rings (SSSR count). The largest absolute Gasteiger partial charge is 0.507 e. The van der Waals surface area contributed by atoms with Gasteiger partial charge in [-0.15, -0.1) is 0 Å². The number of nitrogens with zero attached hydrogens (tertiary/aromatic N) is 1. The highest BCUT2D eigenvalue weighted by Gasteiger charge is 2.45. The van der Waals surface area contributed by atoms with Gasteiger partial charge in [-0.1, -0.05) is 63.2 Å². The summed E-state index contributed by atoms with van der Waals surface area (Å²) in [6.45, 7) is 13.0. The lowest BCUT2D eigenvalue weighted by Crippen LogP contribution is -2.31. The Morgan fingerprint density at radius 2 is 1.76 bits per heavy atom. The molecule has 2 aromatic rings. The quantitative estimate of drug-likeness (QED) is 0.261. The lowest BCUT2D eigenvalue weighted by Gasteiger charge is -2.26. The zero-order chi connectivity index (χ0) is 24.3. The third kappa shape index (κ3) is 5.36. The third-order valence-corrected chi connectivity index (χ3v) is 6.01. The Morgan fingerprint density at radius 3 is 2.36 bits per heavy atom. The van der Waals surface area contributed by atoms with Crippen molar-refractivity contribution in [1.29, 1.82) is 0 Å². The molecule has 0 saturated carbocycles. The fraction of sp³-hybridized carbons (Fsp3) is 0.429. The van der Waals surface area contributed by atoms with E-state index in [1.54, 1.807) is 4.90 Å². The number of aryl methyl sites for hydroxylation is 1. The Morgan fingerprint density at radius 1 is 1.09 bits per heavy atom. The van der Waals surface area contributed by atoms with Crippen molar-refractivity contribution in [1.82, 2.24) is 4.90 Å². The number of aliphatic hydroxyl groups excluding tert-OH is 1. The number of ether oxygens (including phenoxy) is 1. The first-order valence-corrected chi connectivity index (χ1v) is 11.6. The minimum Gasteiger partial charge on any atom is -0.507 e. The maximum Gasteiger partial charge on any atom is 0.295 e. The molecule has 1 amide bonds. The molecule has 0 spiro atoms. The maximum atomic E-state index is 13.2. The van der Waals surface area contributed by atoms with E-state index in [2.05, 4.69) is 20.8 Å². The number of carbonyl (C=O) groups is 2.